The summed E-state index contributed by atoms with van der Waals surface area (Å²) in [6, 6.07) is 0. The van der Waals surface area contributed by atoms with Crippen LogP contribution < -0.4 is 5.32 Å². The van der Waals surface area contributed by atoms with Crippen molar-refractivity contribution < 1.29 is 9.90 Å². The van der Waals surface area contributed by atoms with Crippen molar-refractivity contribution in [1.29, 1.82) is 0 Å². The molecule has 1 amide bonds. The molecule has 4 heteroatoms. The normalized spacial score (nSPS) is 12.9. The predicted molar refractivity (Wildman–Crippen MR) is 57.1 cm³/mol. The molecule has 0 aromatic carbocycles. The summed E-state index contributed by atoms with van der Waals surface area (Å²) in [6.45, 7) is 5.80. The van der Waals surface area contributed by atoms with Gasteiger partial charge in [0.15, 0.2) is 0 Å². The maximum Gasteiger partial charge on any atom is 0.216 e. The molecule has 0 heterocycles. The van der Waals surface area contributed by atoms with Gasteiger partial charge in [0.2, 0.25) is 5.91 Å². The second-order valence-corrected chi connectivity index (χ2v) is 3.66. The van der Waals surface area contributed by atoms with Gasteiger partial charge >= 0.3 is 0 Å². The van der Waals surface area contributed by atoms with Crippen LogP contribution in [0.25, 0.3) is 0 Å². The zero-order valence-electron chi connectivity index (χ0n) is 9.42. The van der Waals surface area contributed by atoms with Crippen LogP contribution in [0, 0.1) is 0 Å². The van der Waals surface area contributed by atoms with Gasteiger partial charge in [-0.25, -0.2) is 0 Å². The van der Waals surface area contributed by atoms with Gasteiger partial charge in [0, 0.05) is 20.0 Å². The van der Waals surface area contributed by atoms with Gasteiger partial charge in [0.05, 0.1) is 6.10 Å². The van der Waals surface area contributed by atoms with Crippen LogP contribution in [-0.2, 0) is 4.79 Å². The topological polar surface area (TPSA) is 52.6 Å². The van der Waals surface area contributed by atoms with Crippen LogP contribution >= 0.6 is 0 Å². The van der Waals surface area contributed by atoms with Gasteiger partial charge in [-0.05, 0) is 26.4 Å². The Morgan fingerprint density at radius 2 is 2.21 bits per heavy atom. The smallest absolute Gasteiger partial charge is 0.216 e. The first-order valence-corrected chi connectivity index (χ1v) is 5.17. The maximum atomic E-state index is 10.5. The molecule has 0 fully saturated rings. The third-order valence-corrected chi connectivity index (χ3v) is 2.08. The molecular weight excluding hydrogens is 180 g/mol. The summed E-state index contributed by atoms with van der Waals surface area (Å²) in [4.78, 5) is 12.6. The summed E-state index contributed by atoms with van der Waals surface area (Å²) in [7, 11) is 1.98. The summed E-state index contributed by atoms with van der Waals surface area (Å²) in [5, 5.41) is 12.1. The largest absolute Gasteiger partial charge is 0.392 e. The predicted octanol–water partition coefficient (Wildman–Crippen LogP) is 0.215. The number of nitrogens with zero attached hydrogens (tertiary/aromatic N) is 1. The lowest BCUT2D eigenvalue weighted by molar-refractivity contribution is -0.118. The van der Waals surface area contributed by atoms with Crippen LogP contribution in [0.1, 0.15) is 26.7 Å². The third-order valence-electron chi connectivity index (χ3n) is 2.08. The van der Waals surface area contributed by atoms with E-state index in [2.05, 4.69) is 10.2 Å². The summed E-state index contributed by atoms with van der Waals surface area (Å²) in [6.07, 6.45) is 1.48. The Bertz CT molecular complexity index is 162. The number of likely N-dealkylation sites (N-methyl/N-ethyl adjacent to an activating group) is 1. The molecule has 0 bridgehead atoms. The van der Waals surface area contributed by atoms with Crippen molar-refractivity contribution in [3.63, 3.8) is 0 Å². The summed E-state index contributed by atoms with van der Waals surface area (Å²) < 4.78 is 0. The first-order valence-electron chi connectivity index (χ1n) is 5.17. The molecule has 0 aliphatic carbocycles. The Labute approximate surface area is 86.3 Å². The number of amides is 1. The summed E-state index contributed by atoms with van der Waals surface area (Å²) in [5.41, 5.74) is 0. The minimum Gasteiger partial charge on any atom is -0.392 e. The molecule has 0 saturated heterocycles. The minimum atomic E-state index is -0.235. The molecule has 0 aliphatic rings. The fraction of sp³-hybridized carbons (Fsp3) is 0.900. The average Bonchev–Trinajstić information content (AvgIpc) is 2.12. The second-order valence-electron chi connectivity index (χ2n) is 3.66. The van der Waals surface area contributed by atoms with E-state index in [9.17, 15) is 9.90 Å². The number of rotatable bonds is 7. The molecule has 1 atom stereocenters. The molecule has 0 saturated carbocycles. The quantitative estimate of drug-likeness (QED) is 0.580. The Hall–Kier alpha value is -0.610. The van der Waals surface area contributed by atoms with Crippen LogP contribution in [0.5, 0.6) is 0 Å². The zero-order valence-corrected chi connectivity index (χ0v) is 9.42. The molecule has 84 valence electrons. The van der Waals surface area contributed by atoms with Gasteiger partial charge in [0.1, 0.15) is 0 Å². The van der Waals surface area contributed by atoms with Crippen LogP contribution in [0.2, 0.25) is 0 Å². The first-order chi connectivity index (χ1) is 6.56. The van der Waals surface area contributed by atoms with E-state index < -0.39 is 0 Å². The van der Waals surface area contributed by atoms with Crippen molar-refractivity contribution in [3.8, 4) is 0 Å². The van der Waals surface area contributed by atoms with E-state index in [0.29, 0.717) is 13.1 Å². The van der Waals surface area contributed by atoms with Gasteiger partial charge in [-0.15, -0.1) is 0 Å². The Kier molecular flexibility index (Phi) is 7.42. The molecule has 0 spiro atoms. The number of aliphatic hydroxyl groups is 1. The fourth-order valence-corrected chi connectivity index (χ4v) is 1.19. The second kappa shape index (κ2) is 7.76. The van der Waals surface area contributed by atoms with E-state index in [4.69, 9.17) is 0 Å². The van der Waals surface area contributed by atoms with Gasteiger partial charge in [-0.1, -0.05) is 6.92 Å². The molecule has 0 rings (SSSR count). The zero-order chi connectivity index (χ0) is 11.0. The van der Waals surface area contributed by atoms with E-state index in [1.807, 2.05) is 14.0 Å². The van der Waals surface area contributed by atoms with Crippen LogP contribution in [-0.4, -0.2) is 48.7 Å². The van der Waals surface area contributed by atoms with Crippen molar-refractivity contribution in [2.45, 2.75) is 32.8 Å². The highest BCUT2D eigenvalue weighted by Crippen LogP contribution is 1.94. The molecule has 0 aliphatic heterocycles. The van der Waals surface area contributed by atoms with Gasteiger partial charge in [-0.2, -0.15) is 0 Å². The van der Waals surface area contributed by atoms with Crippen LogP contribution in [0.15, 0.2) is 0 Å². The lowest BCUT2D eigenvalue weighted by Gasteiger charge is -2.19. The lowest BCUT2D eigenvalue weighted by atomic mass is 10.2. The minimum absolute atomic E-state index is 0.0150. The molecule has 14 heavy (non-hydrogen) atoms. The molecular formula is C10H22N2O2. The SMILES string of the molecule is CCC(O)CN(C)CCCNC(C)=O. The lowest BCUT2D eigenvalue weighted by Crippen LogP contribution is -2.31. The van der Waals surface area contributed by atoms with E-state index in [1.165, 1.54) is 6.92 Å². The Morgan fingerprint density at radius 1 is 1.57 bits per heavy atom. The number of nitrogens with one attached hydrogen (secondary N) is 1. The molecule has 2 N–H and O–H groups in total. The monoisotopic (exact) mass is 202 g/mol. The Balaban J connectivity index is 3.35. The highest BCUT2D eigenvalue weighted by Gasteiger charge is 2.04. The van der Waals surface area contributed by atoms with E-state index in [-0.39, 0.29) is 12.0 Å². The van der Waals surface area contributed by atoms with E-state index >= 15 is 0 Å². The number of hydrogen-bond donors (Lipinski definition) is 2. The molecule has 1 unspecified atom stereocenters. The van der Waals surface area contributed by atoms with Crippen molar-refractivity contribution in [1.82, 2.24) is 10.2 Å². The fourth-order valence-electron chi connectivity index (χ4n) is 1.19. The summed E-state index contributed by atoms with van der Waals surface area (Å²) >= 11 is 0. The van der Waals surface area contributed by atoms with Gasteiger partial charge in [-0.3, -0.25) is 4.79 Å². The highest BCUT2D eigenvalue weighted by atomic mass is 16.3. The van der Waals surface area contributed by atoms with E-state index in [1.54, 1.807) is 0 Å². The van der Waals surface area contributed by atoms with Crippen LogP contribution in [0.4, 0.5) is 0 Å². The number of carbonyl (C=O) groups excluding carboxylic acids is 1. The van der Waals surface area contributed by atoms with Crippen LogP contribution in [0.3, 0.4) is 0 Å². The first kappa shape index (κ1) is 13.4. The maximum absolute atomic E-state index is 10.5. The van der Waals surface area contributed by atoms with Crippen molar-refractivity contribution >= 4 is 5.91 Å². The molecule has 0 aromatic heterocycles. The molecule has 0 aromatic rings. The van der Waals surface area contributed by atoms with Crippen molar-refractivity contribution in [3.05, 3.63) is 0 Å². The highest BCUT2D eigenvalue weighted by molar-refractivity contribution is 5.72. The molecule has 0 radical (unpaired) electrons. The number of hydrogen-bond acceptors (Lipinski definition) is 3. The number of carbonyl (C=O) groups is 1. The number of aliphatic hydroxyl groups excluding tert-OH is 1. The van der Waals surface area contributed by atoms with Crippen molar-refractivity contribution in [2.24, 2.45) is 0 Å². The standard InChI is InChI=1S/C10H22N2O2/c1-4-10(14)8-12(3)7-5-6-11-9(2)13/h10,14H,4-8H2,1-3H3,(H,11,13). The third kappa shape index (κ3) is 8.01. The van der Waals surface area contributed by atoms with E-state index in [0.717, 1.165) is 19.4 Å². The van der Waals surface area contributed by atoms with Gasteiger partial charge < -0.3 is 15.3 Å². The van der Waals surface area contributed by atoms with Crippen molar-refractivity contribution in [2.75, 3.05) is 26.7 Å². The van der Waals surface area contributed by atoms with Gasteiger partial charge in [0.25, 0.3) is 0 Å². The molecule has 4 nitrogen and oxygen atoms in total. The average molecular weight is 202 g/mol. The summed E-state index contributed by atoms with van der Waals surface area (Å²) in [5.74, 6) is 0.0150. The Morgan fingerprint density at radius 3 is 2.71 bits per heavy atom.